The number of benzene rings is 3. The lowest BCUT2D eigenvalue weighted by Crippen LogP contribution is -2.41. The fourth-order valence-corrected chi connectivity index (χ4v) is 12.1. The van der Waals surface area contributed by atoms with Gasteiger partial charge < -0.3 is 14.0 Å². The quantitative estimate of drug-likeness (QED) is 0.402. The maximum Gasteiger partial charge on any atom is 0.127 e. The molecule has 0 saturated heterocycles. The molecule has 5 heteroatoms. The standard InChI is InChI=1S/C28H36O3P2/c1-27(2,3)33(29,28(4,5)6)26-20-14-13-19-25(26)32(23-17-11-9-15-21(23)30-7)24-18-12-10-16-22(24)31-8/h9-20H,1-8H3. The summed E-state index contributed by atoms with van der Waals surface area (Å²) in [5.74, 6) is 1.65. The first-order chi connectivity index (χ1) is 15.5. The van der Waals surface area contributed by atoms with E-state index in [1.165, 1.54) is 0 Å². The molecule has 0 saturated carbocycles. The summed E-state index contributed by atoms with van der Waals surface area (Å²) in [5, 5.41) is 3.42. The van der Waals surface area contributed by atoms with Crippen LogP contribution in [0.1, 0.15) is 41.5 Å². The van der Waals surface area contributed by atoms with Crippen molar-refractivity contribution in [2.75, 3.05) is 14.2 Å². The van der Waals surface area contributed by atoms with Crippen molar-refractivity contribution >= 4 is 36.3 Å². The molecule has 0 amide bonds. The summed E-state index contributed by atoms with van der Waals surface area (Å²) in [5.41, 5.74) is 0. The Hall–Kier alpha value is -2.08. The predicted octanol–water partition coefficient (Wildman–Crippen LogP) is 6.05. The number of methoxy groups -OCH3 is 2. The highest BCUT2D eigenvalue weighted by atomic mass is 31.2. The first kappa shape index (κ1) is 25.5. The first-order valence-corrected chi connectivity index (χ1v) is 14.3. The van der Waals surface area contributed by atoms with Crippen molar-refractivity contribution in [1.29, 1.82) is 0 Å². The molecule has 0 aliphatic heterocycles. The van der Waals surface area contributed by atoms with E-state index < -0.39 is 25.4 Å². The molecule has 3 aromatic rings. The molecule has 0 heterocycles. The second-order valence-corrected chi connectivity index (χ2v) is 16.6. The van der Waals surface area contributed by atoms with Crippen molar-refractivity contribution in [2.24, 2.45) is 0 Å². The third-order valence-corrected chi connectivity index (χ3v) is 13.6. The lowest BCUT2D eigenvalue weighted by molar-refractivity contribution is 0.417. The summed E-state index contributed by atoms with van der Waals surface area (Å²) in [7, 11) is -0.577. The number of rotatable bonds is 6. The Morgan fingerprint density at radius 1 is 0.606 bits per heavy atom. The van der Waals surface area contributed by atoms with Gasteiger partial charge in [0, 0.05) is 26.2 Å². The molecule has 3 rings (SSSR count). The molecule has 0 aliphatic carbocycles. The highest BCUT2D eigenvalue weighted by Crippen LogP contribution is 2.66. The molecule has 3 nitrogen and oxygen atoms in total. The van der Waals surface area contributed by atoms with Crippen molar-refractivity contribution in [3.63, 3.8) is 0 Å². The van der Waals surface area contributed by atoms with Crippen molar-refractivity contribution in [3.05, 3.63) is 72.8 Å². The van der Waals surface area contributed by atoms with Crippen LogP contribution < -0.4 is 30.7 Å². The van der Waals surface area contributed by atoms with Crippen LogP contribution in [0, 0.1) is 0 Å². The van der Waals surface area contributed by atoms with Crippen LogP contribution in [0.2, 0.25) is 0 Å². The molecule has 0 unspecified atom stereocenters. The molecule has 0 bridgehead atoms. The van der Waals surface area contributed by atoms with E-state index in [1.807, 2.05) is 42.5 Å². The number of para-hydroxylation sites is 2. The summed E-state index contributed by atoms with van der Waals surface area (Å²) in [6, 6.07) is 24.6. The maximum absolute atomic E-state index is 15.1. The Morgan fingerprint density at radius 2 is 0.970 bits per heavy atom. The second kappa shape index (κ2) is 9.65. The van der Waals surface area contributed by atoms with Crippen molar-refractivity contribution in [3.8, 4) is 11.5 Å². The van der Waals surface area contributed by atoms with Gasteiger partial charge in [-0.1, -0.05) is 102 Å². The Labute approximate surface area is 200 Å². The summed E-state index contributed by atoms with van der Waals surface area (Å²) < 4.78 is 26.7. The molecule has 3 aromatic carbocycles. The van der Waals surface area contributed by atoms with E-state index >= 15 is 4.57 Å². The van der Waals surface area contributed by atoms with E-state index in [0.717, 1.165) is 32.7 Å². The van der Waals surface area contributed by atoms with Crippen LogP contribution >= 0.6 is 15.1 Å². The molecular formula is C28H36O3P2. The third-order valence-electron chi connectivity index (χ3n) is 6.00. The van der Waals surface area contributed by atoms with Gasteiger partial charge in [-0.05, 0) is 25.4 Å². The SMILES string of the molecule is COc1ccccc1P(c1ccccc1OC)c1ccccc1P(=O)(C(C)(C)C)C(C)(C)C. The molecule has 0 atom stereocenters. The van der Waals surface area contributed by atoms with Crippen molar-refractivity contribution < 1.29 is 14.0 Å². The molecule has 0 aliphatic rings. The van der Waals surface area contributed by atoms with E-state index in [4.69, 9.17) is 9.47 Å². The van der Waals surface area contributed by atoms with Gasteiger partial charge in [0.2, 0.25) is 0 Å². The van der Waals surface area contributed by atoms with Crippen molar-refractivity contribution in [2.45, 2.75) is 51.9 Å². The first-order valence-electron chi connectivity index (χ1n) is 11.2. The fourth-order valence-electron chi connectivity index (χ4n) is 4.67. The molecule has 0 radical (unpaired) electrons. The van der Waals surface area contributed by atoms with Crippen LogP contribution in [0.4, 0.5) is 0 Å². The zero-order valence-electron chi connectivity index (χ0n) is 21.0. The number of hydrogen-bond acceptors (Lipinski definition) is 3. The number of hydrogen-bond donors (Lipinski definition) is 0. The molecule has 0 N–H and O–H groups in total. The van der Waals surface area contributed by atoms with Gasteiger partial charge in [-0.2, -0.15) is 0 Å². The van der Waals surface area contributed by atoms with Gasteiger partial charge in [0.05, 0.1) is 14.2 Å². The summed E-state index contributed by atoms with van der Waals surface area (Å²) in [4.78, 5) is 0. The van der Waals surface area contributed by atoms with E-state index in [1.54, 1.807) is 14.2 Å². The molecule has 0 fully saturated rings. The van der Waals surface area contributed by atoms with Gasteiger partial charge in [-0.3, -0.25) is 0 Å². The normalized spacial score (nSPS) is 12.6. The van der Waals surface area contributed by atoms with Crippen LogP contribution in [-0.2, 0) is 4.57 Å². The smallest absolute Gasteiger partial charge is 0.127 e. The van der Waals surface area contributed by atoms with E-state index in [2.05, 4.69) is 71.9 Å². The van der Waals surface area contributed by atoms with Gasteiger partial charge in [0.15, 0.2) is 0 Å². The zero-order valence-corrected chi connectivity index (χ0v) is 22.8. The summed E-state index contributed by atoms with van der Waals surface area (Å²) in [6.45, 7) is 12.6. The second-order valence-electron chi connectivity index (χ2n) is 10.1. The Morgan fingerprint density at radius 3 is 1.36 bits per heavy atom. The highest BCUT2D eigenvalue weighted by Gasteiger charge is 2.49. The lowest BCUT2D eigenvalue weighted by atomic mass is 10.2. The minimum atomic E-state index is -2.88. The molecule has 0 spiro atoms. The lowest BCUT2D eigenvalue weighted by Gasteiger charge is -2.43. The molecule has 33 heavy (non-hydrogen) atoms. The van der Waals surface area contributed by atoms with Gasteiger partial charge in [-0.25, -0.2) is 0 Å². The third kappa shape index (κ3) is 4.64. The average molecular weight is 483 g/mol. The van der Waals surface area contributed by atoms with Crippen LogP contribution in [0.25, 0.3) is 0 Å². The zero-order chi connectivity index (χ0) is 24.4. The van der Waals surface area contributed by atoms with Crippen LogP contribution in [-0.4, -0.2) is 24.5 Å². The Balaban J connectivity index is 2.45. The van der Waals surface area contributed by atoms with E-state index in [9.17, 15) is 0 Å². The number of ether oxygens (including phenoxy) is 2. The minimum absolute atomic E-state index is 0.399. The maximum atomic E-state index is 15.1. The molecular weight excluding hydrogens is 446 g/mol. The predicted molar refractivity (Wildman–Crippen MR) is 145 cm³/mol. The van der Waals surface area contributed by atoms with E-state index in [0.29, 0.717) is 0 Å². The Bertz CT molecular complexity index is 1090. The van der Waals surface area contributed by atoms with Crippen molar-refractivity contribution in [1.82, 2.24) is 0 Å². The van der Waals surface area contributed by atoms with Gasteiger partial charge >= 0.3 is 0 Å². The monoisotopic (exact) mass is 482 g/mol. The van der Waals surface area contributed by atoms with Crippen LogP contribution in [0.3, 0.4) is 0 Å². The van der Waals surface area contributed by atoms with E-state index in [-0.39, 0.29) is 0 Å². The topological polar surface area (TPSA) is 35.5 Å². The van der Waals surface area contributed by atoms with Crippen LogP contribution in [0.15, 0.2) is 72.8 Å². The summed E-state index contributed by atoms with van der Waals surface area (Å²) >= 11 is 0. The van der Waals surface area contributed by atoms with Gasteiger partial charge in [-0.15, -0.1) is 0 Å². The van der Waals surface area contributed by atoms with Gasteiger partial charge in [0.1, 0.15) is 18.6 Å². The van der Waals surface area contributed by atoms with Gasteiger partial charge in [0.25, 0.3) is 0 Å². The fraction of sp³-hybridized carbons (Fsp3) is 0.357. The average Bonchev–Trinajstić information content (AvgIpc) is 2.78. The summed E-state index contributed by atoms with van der Waals surface area (Å²) in [6.07, 6.45) is 0. The minimum Gasteiger partial charge on any atom is -0.496 e. The molecule has 176 valence electrons. The Kier molecular flexibility index (Phi) is 7.47. The van der Waals surface area contributed by atoms with Crippen LogP contribution in [0.5, 0.6) is 11.5 Å². The molecule has 0 aromatic heterocycles. The highest BCUT2D eigenvalue weighted by molar-refractivity contribution is 7.83. The largest absolute Gasteiger partial charge is 0.496 e.